The molecule has 2 aromatic heterocycles. The fourth-order valence-electron chi connectivity index (χ4n) is 2.89. The van der Waals surface area contributed by atoms with E-state index >= 15 is 0 Å². The summed E-state index contributed by atoms with van der Waals surface area (Å²) in [5, 5.41) is 4.42. The smallest absolute Gasteiger partial charge is 0.232 e. The second-order valence-electron chi connectivity index (χ2n) is 6.19. The van der Waals surface area contributed by atoms with Crippen LogP contribution in [0.1, 0.15) is 30.2 Å². The molecule has 0 saturated carbocycles. The zero-order valence-electron chi connectivity index (χ0n) is 15.2. The van der Waals surface area contributed by atoms with E-state index in [1.807, 2.05) is 25.1 Å². The lowest BCUT2D eigenvalue weighted by atomic mass is 10.2. The molecule has 0 aliphatic carbocycles. The van der Waals surface area contributed by atoms with E-state index in [-0.39, 0.29) is 0 Å². The number of anilines is 1. The van der Waals surface area contributed by atoms with Crippen molar-refractivity contribution in [1.29, 1.82) is 0 Å². The Bertz CT molecular complexity index is 1020. The second kappa shape index (κ2) is 6.87. The lowest BCUT2D eigenvalue weighted by Gasteiger charge is -2.28. The van der Waals surface area contributed by atoms with Crippen LogP contribution >= 0.6 is 0 Å². The van der Waals surface area contributed by atoms with Crippen LogP contribution in [0.2, 0.25) is 0 Å². The van der Waals surface area contributed by atoms with E-state index < -0.39 is 16.1 Å². The van der Waals surface area contributed by atoms with Crippen LogP contribution < -0.4 is 4.31 Å². The molecule has 0 aliphatic rings. The van der Waals surface area contributed by atoms with Crippen molar-refractivity contribution >= 4 is 15.7 Å². The molecule has 3 rings (SSSR count). The van der Waals surface area contributed by atoms with Gasteiger partial charge in [0.2, 0.25) is 10.0 Å². The first kappa shape index (κ1) is 18.1. The Morgan fingerprint density at radius 2 is 1.81 bits per heavy atom. The maximum absolute atomic E-state index is 12.5. The Labute approximate surface area is 153 Å². The van der Waals surface area contributed by atoms with Crippen LogP contribution in [0.4, 0.5) is 5.69 Å². The Balaban J connectivity index is 2.13. The van der Waals surface area contributed by atoms with Gasteiger partial charge in [-0.1, -0.05) is 18.2 Å². The van der Waals surface area contributed by atoms with Crippen LogP contribution in [0.5, 0.6) is 0 Å². The second-order valence-corrected chi connectivity index (χ2v) is 8.05. The molecule has 0 saturated heterocycles. The predicted octanol–water partition coefficient (Wildman–Crippen LogP) is 2.81. The van der Waals surface area contributed by atoms with Crippen molar-refractivity contribution in [2.75, 3.05) is 10.6 Å². The summed E-state index contributed by atoms with van der Waals surface area (Å²) in [6.07, 6.45) is 2.89. The van der Waals surface area contributed by atoms with Gasteiger partial charge in [-0.2, -0.15) is 4.68 Å². The van der Waals surface area contributed by atoms with E-state index in [9.17, 15) is 8.42 Å². The van der Waals surface area contributed by atoms with Gasteiger partial charge in [-0.25, -0.2) is 18.4 Å². The zero-order chi connectivity index (χ0) is 18.9. The van der Waals surface area contributed by atoms with Crippen molar-refractivity contribution in [2.45, 2.75) is 26.8 Å². The number of hydrogen-bond donors (Lipinski definition) is 0. The van der Waals surface area contributed by atoms with Gasteiger partial charge in [0.1, 0.15) is 11.9 Å². The van der Waals surface area contributed by atoms with Gasteiger partial charge in [-0.05, 0) is 50.6 Å². The first-order chi connectivity index (χ1) is 12.3. The molecule has 0 fully saturated rings. The van der Waals surface area contributed by atoms with Gasteiger partial charge in [0.05, 0.1) is 11.9 Å². The normalized spacial score (nSPS) is 12.8. The molecule has 8 heteroatoms. The van der Waals surface area contributed by atoms with E-state index in [4.69, 9.17) is 0 Å². The van der Waals surface area contributed by atoms with Crippen LogP contribution in [0.25, 0.3) is 5.82 Å². The molecule has 0 bridgehead atoms. The third-order valence-electron chi connectivity index (χ3n) is 3.95. The van der Waals surface area contributed by atoms with E-state index in [0.717, 1.165) is 5.56 Å². The standard InChI is InChI=1S/C18H21N5O2S/c1-13-10-11-19-17(12-13)22-18(20-15(3)21-22)14(2)23(26(4,24)25)16-8-6-5-7-9-16/h5-12,14H,1-4H3. The van der Waals surface area contributed by atoms with Crippen molar-refractivity contribution in [3.63, 3.8) is 0 Å². The Morgan fingerprint density at radius 3 is 2.42 bits per heavy atom. The summed E-state index contributed by atoms with van der Waals surface area (Å²) in [6.45, 7) is 5.53. The Hall–Kier alpha value is -2.74. The number of benzene rings is 1. The number of aryl methyl sites for hydroxylation is 2. The summed E-state index contributed by atoms with van der Waals surface area (Å²) >= 11 is 0. The summed E-state index contributed by atoms with van der Waals surface area (Å²) in [5.74, 6) is 1.67. The minimum Gasteiger partial charge on any atom is -0.260 e. The van der Waals surface area contributed by atoms with Crippen molar-refractivity contribution in [1.82, 2.24) is 19.7 Å². The number of aromatic nitrogens is 4. The number of nitrogens with zero attached hydrogens (tertiary/aromatic N) is 5. The molecule has 1 unspecified atom stereocenters. The van der Waals surface area contributed by atoms with Gasteiger partial charge >= 0.3 is 0 Å². The van der Waals surface area contributed by atoms with Gasteiger partial charge in [-0.3, -0.25) is 4.31 Å². The van der Waals surface area contributed by atoms with E-state index in [1.54, 1.807) is 49.0 Å². The molecule has 1 aromatic carbocycles. The minimum absolute atomic E-state index is 0.509. The lowest BCUT2D eigenvalue weighted by molar-refractivity contribution is 0.581. The number of hydrogen-bond acceptors (Lipinski definition) is 5. The molecule has 0 aliphatic heterocycles. The van der Waals surface area contributed by atoms with Crippen molar-refractivity contribution in [3.05, 3.63) is 65.9 Å². The molecule has 0 spiro atoms. The summed E-state index contributed by atoms with van der Waals surface area (Å²) in [5.41, 5.74) is 1.61. The first-order valence-corrected chi connectivity index (χ1v) is 10.0. The molecule has 3 aromatic rings. The number of pyridine rings is 1. The van der Waals surface area contributed by atoms with Gasteiger partial charge in [0, 0.05) is 6.20 Å². The summed E-state index contributed by atoms with van der Waals surface area (Å²) in [6, 6.07) is 12.2. The van der Waals surface area contributed by atoms with Crippen LogP contribution in [0, 0.1) is 13.8 Å². The van der Waals surface area contributed by atoms with E-state index in [0.29, 0.717) is 23.2 Å². The number of sulfonamides is 1. The Kier molecular flexibility index (Phi) is 4.78. The average molecular weight is 371 g/mol. The Morgan fingerprint density at radius 1 is 1.12 bits per heavy atom. The maximum Gasteiger partial charge on any atom is 0.232 e. The first-order valence-electron chi connectivity index (χ1n) is 8.18. The van der Waals surface area contributed by atoms with Crippen LogP contribution in [0.15, 0.2) is 48.7 Å². The SMILES string of the molecule is Cc1ccnc(-n2nc(C)nc2C(C)N(c2ccccc2)S(C)(=O)=O)c1. The van der Waals surface area contributed by atoms with Crippen LogP contribution in [-0.2, 0) is 10.0 Å². The molecular formula is C18H21N5O2S. The highest BCUT2D eigenvalue weighted by molar-refractivity contribution is 7.92. The number of rotatable bonds is 5. The molecule has 0 radical (unpaired) electrons. The molecule has 0 N–H and O–H groups in total. The third-order valence-corrected chi connectivity index (χ3v) is 5.19. The maximum atomic E-state index is 12.5. The largest absolute Gasteiger partial charge is 0.260 e. The highest BCUT2D eigenvalue weighted by atomic mass is 32.2. The fourth-order valence-corrected chi connectivity index (χ4v) is 4.06. The number of para-hydroxylation sites is 1. The van der Waals surface area contributed by atoms with Gasteiger partial charge in [-0.15, -0.1) is 5.10 Å². The molecule has 26 heavy (non-hydrogen) atoms. The van der Waals surface area contributed by atoms with Gasteiger partial charge in [0.15, 0.2) is 11.6 Å². The summed E-state index contributed by atoms with van der Waals surface area (Å²) in [4.78, 5) is 8.84. The van der Waals surface area contributed by atoms with Crippen LogP contribution in [-0.4, -0.2) is 34.4 Å². The molecule has 2 heterocycles. The highest BCUT2D eigenvalue weighted by Crippen LogP contribution is 2.29. The van der Waals surface area contributed by atoms with Gasteiger partial charge < -0.3 is 0 Å². The van der Waals surface area contributed by atoms with E-state index in [2.05, 4.69) is 15.1 Å². The third kappa shape index (κ3) is 3.60. The topological polar surface area (TPSA) is 81.0 Å². The van der Waals surface area contributed by atoms with Crippen molar-refractivity contribution < 1.29 is 8.42 Å². The zero-order valence-corrected chi connectivity index (χ0v) is 16.0. The molecule has 0 amide bonds. The molecule has 7 nitrogen and oxygen atoms in total. The van der Waals surface area contributed by atoms with Crippen molar-refractivity contribution in [2.24, 2.45) is 0 Å². The summed E-state index contributed by atoms with van der Waals surface area (Å²) in [7, 11) is -3.53. The summed E-state index contributed by atoms with van der Waals surface area (Å²) < 4.78 is 28.0. The van der Waals surface area contributed by atoms with Gasteiger partial charge in [0.25, 0.3) is 0 Å². The minimum atomic E-state index is -3.53. The van der Waals surface area contributed by atoms with E-state index in [1.165, 1.54) is 10.6 Å². The predicted molar refractivity (Wildman–Crippen MR) is 101 cm³/mol. The molecule has 136 valence electrons. The average Bonchev–Trinajstić information content (AvgIpc) is 2.97. The monoisotopic (exact) mass is 371 g/mol. The molecule has 1 atom stereocenters. The highest BCUT2D eigenvalue weighted by Gasteiger charge is 2.29. The lowest BCUT2D eigenvalue weighted by Crippen LogP contribution is -2.34. The van der Waals surface area contributed by atoms with Crippen LogP contribution in [0.3, 0.4) is 0 Å². The quantitative estimate of drug-likeness (QED) is 0.689. The molecular weight excluding hydrogens is 350 g/mol. The fraction of sp³-hybridized carbons (Fsp3) is 0.278. The van der Waals surface area contributed by atoms with Crippen molar-refractivity contribution in [3.8, 4) is 5.82 Å².